The molecule has 0 amide bonds. The first-order chi connectivity index (χ1) is 3.42. The third kappa shape index (κ3) is 12.1. The molecule has 0 aromatic heterocycles. The molecule has 52 valence electrons. The van der Waals surface area contributed by atoms with Crippen LogP contribution in [0.5, 0.6) is 0 Å². The molecule has 0 bridgehead atoms. The summed E-state index contributed by atoms with van der Waals surface area (Å²) in [5.74, 6) is 0. The third-order valence-corrected chi connectivity index (χ3v) is 0.853. The van der Waals surface area contributed by atoms with Gasteiger partial charge in [0.1, 0.15) is 0 Å². The van der Waals surface area contributed by atoms with Crippen molar-refractivity contribution in [1.82, 2.24) is 5.06 Å². The van der Waals surface area contributed by atoms with Crippen molar-refractivity contribution in [3.63, 3.8) is 0 Å². The van der Waals surface area contributed by atoms with Gasteiger partial charge in [0.15, 0.2) is 0 Å². The minimum atomic E-state index is -3.30. The first kappa shape index (κ1) is 12.5. The molecule has 4 nitrogen and oxygen atoms in total. The standard InChI is InChI=1S/C3H9NO3S.Na.H/c1-4(2)7-8(3,5)6;;/h1-3H3;;/q;+1;-1. The molecular weight excluding hydrogens is 153 g/mol. The van der Waals surface area contributed by atoms with E-state index in [-0.39, 0.29) is 31.0 Å². The molecule has 9 heavy (non-hydrogen) atoms. The zero-order valence-corrected chi connectivity index (χ0v) is 8.90. The van der Waals surface area contributed by atoms with E-state index in [0.29, 0.717) is 0 Å². The van der Waals surface area contributed by atoms with Crippen LogP contribution in [0.25, 0.3) is 0 Å². The summed E-state index contributed by atoms with van der Waals surface area (Å²) >= 11 is 0. The van der Waals surface area contributed by atoms with Gasteiger partial charge in [-0.15, -0.1) is 0 Å². The van der Waals surface area contributed by atoms with Crippen LogP contribution in [-0.4, -0.2) is 33.8 Å². The van der Waals surface area contributed by atoms with E-state index in [1.54, 1.807) is 0 Å². The van der Waals surface area contributed by atoms with Crippen molar-refractivity contribution in [2.75, 3.05) is 20.4 Å². The van der Waals surface area contributed by atoms with Gasteiger partial charge >= 0.3 is 29.6 Å². The summed E-state index contributed by atoms with van der Waals surface area (Å²) in [5.41, 5.74) is 0. The van der Waals surface area contributed by atoms with Crippen molar-refractivity contribution in [3.8, 4) is 0 Å². The Kier molecular flexibility index (Phi) is 6.48. The molecule has 0 fully saturated rings. The van der Waals surface area contributed by atoms with E-state index in [0.717, 1.165) is 11.3 Å². The summed E-state index contributed by atoms with van der Waals surface area (Å²) in [6.45, 7) is 0. The largest absolute Gasteiger partial charge is 1.00 e. The van der Waals surface area contributed by atoms with E-state index in [1.165, 1.54) is 14.1 Å². The molecule has 0 saturated heterocycles. The Morgan fingerprint density at radius 3 is 1.78 bits per heavy atom. The van der Waals surface area contributed by atoms with Gasteiger partial charge in [0.2, 0.25) is 0 Å². The first-order valence-corrected chi connectivity index (χ1v) is 3.80. The number of hydrogen-bond donors (Lipinski definition) is 0. The Morgan fingerprint density at radius 2 is 1.78 bits per heavy atom. The van der Waals surface area contributed by atoms with Gasteiger partial charge in [0, 0.05) is 14.1 Å². The monoisotopic (exact) mass is 163 g/mol. The molecular formula is C3H10NNaO3S. The Hall–Kier alpha value is 0.870. The summed E-state index contributed by atoms with van der Waals surface area (Å²) in [5, 5.41) is 1.12. The molecule has 0 aromatic rings. The molecule has 0 spiro atoms. The van der Waals surface area contributed by atoms with Crippen molar-refractivity contribution < 1.29 is 43.7 Å². The van der Waals surface area contributed by atoms with Gasteiger partial charge in [-0.25, -0.2) is 0 Å². The van der Waals surface area contributed by atoms with Gasteiger partial charge in [0.25, 0.3) is 10.1 Å². The minimum absolute atomic E-state index is 0. The predicted octanol–water partition coefficient (Wildman–Crippen LogP) is -3.44. The summed E-state index contributed by atoms with van der Waals surface area (Å²) in [7, 11) is -0.295. The van der Waals surface area contributed by atoms with E-state index >= 15 is 0 Å². The molecule has 0 saturated carbocycles. The van der Waals surface area contributed by atoms with E-state index in [9.17, 15) is 8.42 Å². The molecule has 0 atom stereocenters. The van der Waals surface area contributed by atoms with Crippen LogP contribution < -0.4 is 29.6 Å². The fourth-order valence-corrected chi connectivity index (χ4v) is 0.812. The van der Waals surface area contributed by atoms with Crippen LogP contribution in [0.15, 0.2) is 0 Å². The molecule has 0 aliphatic rings. The van der Waals surface area contributed by atoms with Crippen molar-refractivity contribution in [1.29, 1.82) is 0 Å². The van der Waals surface area contributed by atoms with Crippen LogP contribution >= 0.6 is 0 Å². The van der Waals surface area contributed by atoms with E-state index < -0.39 is 10.1 Å². The molecule has 0 unspecified atom stereocenters. The first-order valence-electron chi connectivity index (χ1n) is 1.99. The third-order valence-electron chi connectivity index (χ3n) is 0.284. The second-order valence-electron chi connectivity index (χ2n) is 1.59. The van der Waals surface area contributed by atoms with E-state index in [4.69, 9.17) is 0 Å². The molecule has 6 heteroatoms. The van der Waals surface area contributed by atoms with Crippen molar-refractivity contribution in [2.24, 2.45) is 0 Å². The van der Waals surface area contributed by atoms with Crippen LogP contribution in [0.1, 0.15) is 1.43 Å². The molecule has 0 radical (unpaired) electrons. The minimum Gasteiger partial charge on any atom is -1.00 e. The van der Waals surface area contributed by atoms with Gasteiger partial charge < -0.3 is 1.43 Å². The van der Waals surface area contributed by atoms with Crippen LogP contribution in [0, 0.1) is 0 Å². The van der Waals surface area contributed by atoms with Crippen molar-refractivity contribution in [2.45, 2.75) is 0 Å². The molecule has 0 rings (SSSR count). The van der Waals surface area contributed by atoms with Gasteiger partial charge in [-0.1, -0.05) is 0 Å². The normalized spacial score (nSPS) is 11.1. The van der Waals surface area contributed by atoms with Gasteiger partial charge in [-0.2, -0.15) is 17.8 Å². The van der Waals surface area contributed by atoms with E-state index in [2.05, 4.69) is 4.28 Å². The molecule has 0 aliphatic heterocycles. The fourth-order valence-electron chi connectivity index (χ4n) is 0.271. The molecule has 0 aromatic carbocycles. The average molecular weight is 163 g/mol. The zero-order valence-electron chi connectivity index (χ0n) is 7.08. The quantitative estimate of drug-likeness (QED) is 0.314. The average Bonchev–Trinajstić information content (AvgIpc) is 1.21. The molecule has 0 N–H and O–H groups in total. The van der Waals surface area contributed by atoms with Crippen molar-refractivity contribution in [3.05, 3.63) is 0 Å². The number of hydroxylamine groups is 2. The SMILES string of the molecule is CN(C)OS(C)(=O)=O.[H-].[Na+]. The summed E-state index contributed by atoms with van der Waals surface area (Å²) in [6.07, 6.45) is 0.993. The maximum atomic E-state index is 10.2. The number of rotatable bonds is 2. The van der Waals surface area contributed by atoms with Crippen LogP contribution in [0.3, 0.4) is 0 Å². The molecule has 0 aliphatic carbocycles. The Balaban J connectivity index is -0.000000245. The topological polar surface area (TPSA) is 46.6 Å². The smallest absolute Gasteiger partial charge is 1.00 e. The van der Waals surface area contributed by atoms with Crippen LogP contribution in [0.4, 0.5) is 0 Å². The maximum absolute atomic E-state index is 10.2. The summed E-state index contributed by atoms with van der Waals surface area (Å²) in [6, 6.07) is 0. The van der Waals surface area contributed by atoms with Gasteiger partial charge in [-0.3, -0.25) is 0 Å². The summed E-state index contributed by atoms with van der Waals surface area (Å²) in [4.78, 5) is 0. The molecule has 0 heterocycles. The van der Waals surface area contributed by atoms with Crippen molar-refractivity contribution >= 4 is 10.1 Å². The fraction of sp³-hybridized carbons (Fsp3) is 1.00. The Morgan fingerprint density at radius 1 is 1.44 bits per heavy atom. The predicted molar refractivity (Wildman–Crippen MR) is 30.7 cm³/mol. The maximum Gasteiger partial charge on any atom is 1.00 e. The van der Waals surface area contributed by atoms with Crippen LogP contribution in [-0.2, 0) is 14.4 Å². The number of nitrogens with zero attached hydrogens (tertiary/aromatic N) is 1. The van der Waals surface area contributed by atoms with E-state index in [1.807, 2.05) is 0 Å². The summed E-state index contributed by atoms with van der Waals surface area (Å²) < 4.78 is 24.6. The second-order valence-corrected chi connectivity index (χ2v) is 3.15. The number of hydrogen-bond acceptors (Lipinski definition) is 4. The Labute approximate surface area is 79.0 Å². The van der Waals surface area contributed by atoms with Gasteiger partial charge in [0.05, 0.1) is 6.26 Å². The Bertz CT molecular complexity index is 157. The van der Waals surface area contributed by atoms with Crippen LogP contribution in [0.2, 0.25) is 0 Å². The second kappa shape index (κ2) is 4.65. The zero-order chi connectivity index (χ0) is 6.78. The van der Waals surface area contributed by atoms with Gasteiger partial charge in [-0.05, 0) is 0 Å².